The Labute approximate surface area is 182 Å². The van der Waals surface area contributed by atoms with Crippen LogP contribution >= 0.6 is 8.58 Å². The molecule has 1 atom stereocenters. The molecule has 0 bridgehead atoms. The highest BCUT2D eigenvalue weighted by atomic mass is 31.1. The van der Waals surface area contributed by atoms with Gasteiger partial charge in [-0.1, -0.05) is 83.1 Å². The van der Waals surface area contributed by atoms with Gasteiger partial charge in [-0.3, -0.25) is 4.99 Å². The normalized spacial score (nSPS) is 12.0. The Bertz CT molecular complexity index is 1010. The van der Waals surface area contributed by atoms with E-state index in [1.807, 2.05) is 43.6 Å². The molecule has 0 saturated carbocycles. The number of ether oxygens (including phenoxy) is 2. The van der Waals surface area contributed by atoms with Crippen LogP contribution in [-0.2, 0) is 11.8 Å². The van der Waals surface area contributed by atoms with Gasteiger partial charge in [0.2, 0.25) is 0 Å². The van der Waals surface area contributed by atoms with Crippen molar-refractivity contribution in [1.29, 1.82) is 0 Å². The molecule has 0 aliphatic heterocycles. The molecule has 3 rings (SSSR count). The van der Waals surface area contributed by atoms with Gasteiger partial charge in [0.15, 0.2) is 11.5 Å². The monoisotopic (exact) mass is 419 g/mol. The number of methoxy groups -OCH3 is 1. The summed E-state index contributed by atoms with van der Waals surface area (Å²) < 4.78 is 12.0. The van der Waals surface area contributed by atoms with E-state index in [0.29, 0.717) is 15.2 Å². The first-order chi connectivity index (χ1) is 14.5. The van der Waals surface area contributed by atoms with Gasteiger partial charge >= 0.3 is 0 Å². The summed E-state index contributed by atoms with van der Waals surface area (Å²) in [6.07, 6.45) is 1.95. The van der Waals surface area contributed by atoms with Crippen molar-refractivity contribution in [3.63, 3.8) is 0 Å². The molecule has 0 aliphatic rings. The van der Waals surface area contributed by atoms with Gasteiger partial charge in [-0.15, -0.1) is 0 Å². The SMILES string of the molecule is CN=Cc1cccc(C)c1PC(C)(C)c1cccc(OC)c1OCc1ccccc1. The van der Waals surface area contributed by atoms with E-state index in [2.05, 4.69) is 62.2 Å². The highest BCUT2D eigenvalue weighted by molar-refractivity contribution is 7.48. The zero-order valence-corrected chi connectivity index (χ0v) is 19.4. The topological polar surface area (TPSA) is 30.8 Å². The van der Waals surface area contributed by atoms with Gasteiger partial charge in [-0.2, -0.15) is 0 Å². The molecule has 0 aliphatic carbocycles. The van der Waals surface area contributed by atoms with E-state index >= 15 is 0 Å². The van der Waals surface area contributed by atoms with Gasteiger partial charge in [0.1, 0.15) is 6.61 Å². The summed E-state index contributed by atoms with van der Waals surface area (Å²) in [4.78, 5) is 4.25. The highest BCUT2D eigenvalue weighted by Crippen LogP contribution is 2.48. The Hall–Kier alpha value is -2.64. The fourth-order valence-corrected chi connectivity index (χ4v) is 5.06. The third-order valence-electron chi connectivity index (χ3n) is 5.11. The van der Waals surface area contributed by atoms with Crippen LogP contribution in [0.4, 0.5) is 0 Å². The van der Waals surface area contributed by atoms with Crippen LogP contribution in [0.15, 0.2) is 71.7 Å². The number of para-hydroxylation sites is 1. The van der Waals surface area contributed by atoms with Crippen LogP contribution < -0.4 is 14.8 Å². The number of hydrogen-bond donors (Lipinski definition) is 0. The summed E-state index contributed by atoms with van der Waals surface area (Å²) in [5.74, 6) is 1.59. The summed E-state index contributed by atoms with van der Waals surface area (Å²) >= 11 is 0. The highest BCUT2D eigenvalue weighted by Gasteiger charge is 2.28. The third-order valence-corrected chi connectivity index (χ3v) is 6.94. The second kappa shape index (κ2) is 9.91. The van der Waals surface area contributed by atoms with Crippen LogP contribution in [-0.4, -0.2) is 20.4 Å². The molecule has 3 aromatic rings. The van der Waals surface area contributed by atoms with E-state index in [9.17, 15) is 0 Å². The molecule has 0 heterocycles. The van der Waals surface area contributed by atoms with Crippen molar-refractivity contribution in [1.82, 2.24) is 0 Å². The third kappa shape index (κ3) is 5.09. The average molecular weight is 420 g/mol. The van der Waals surface area contributed by atoms with E-state index in [1.54, 1.807) is 7.11 Å². The van der Waals surface area contributed by atoms with Crippen LogP contribution in [0.1, 0.15) is 36.1 Å². The molecule has 156 valence electrons. The van der Waals surface area contributed by atoms with Crippen molar-refractivity contribution in [2.75, 3.05) is 14.2 Å². The Balaban J connectivity index is 1.98. The first-order valence-electron chi connectivity index (χ1n) is 10.1. The van der Waals surface area contributed by atoms with E-state index < -0.39 is 0 Å². The number of rotatable bonds is 8. The second-order valence-corrected chi connectivity index (χ2v) is 9.79. The fourth-order valence-electron chi connectivity index (χ4n) is 3.54. The zero-order valence-electron chi connectivity index (χ0n) is 18.4. The molecule has 0 amide bonds. The van der Waals surface area contributed by atoms with Crippen LogP contribution in [0, 0.1) is 6.92 Å². The minimum Gasteiger partial charge on any atom is -0.493 e. The van der Waals surface area contributed by atoms with E-state index in [-0.39, 0.29) is 5.16 Å². The van der Waals surface area contributed by atoms with Gasteiger partial charge < -0.3 is 9.47 Å². The summed E-state index contributed by atoms with van der Waals surface area (Å²) in [5, 5.41) is 1.20. The Morgan fingerprint density at radius 2 is 1.70 bits per heavy atom. The summed E-state index contributed by atoms with van der Waals surface area (Å²) in [5.41, 5.74) is 4.75. The van der Waals surface area contributed by atoms with E-state index in [0.717, 1.165) is 22.6 Å². The first kappa shape index (κ1) is 22.1. The molecule has 3 nitrogen and oxygen atoms in total. The van der Waals surface area contributed by atoms with Gasteiger partial charge in [0.05, 0.1) is 7.11 Å². The van der Waals surface area contributed by atoms with Gasteiger partial charge in [-0.05, 0) is 35.0 Å². The zero-order chi connectivity index (χ0) is 21.6. The second-order valence-electron chi connectivity index (χ2n) is 7.79. The lowest BCUT2D eigenvalue weighted by atomic mass is 10.0. The van der Waals surface area contributed by atoms with Gasteiger partial charge in [0.25, 0.3) is 0 Å². The molecule has 30 heavy (non-hydrogen) atoms. The lowest BCUT2D eigenvalue weighted by molar-refractivity contribution is 0.279. The quantitative estimate of drug-likeness (QED) is 0.338. The number of benzene rings is 3. The van der Waals surface area contributed by atoms with Crippen LogP contribution in [0.2, 0.25) is 0 Å². The summed E-state index contributed by atoms with van der Waals surface area (Å²) in [6, 6.07) is 22.8. The van der Waals surface area contributed by atoms with Crippen molar-refractivity contribution < 1.29 is 9.47 Å². The Kier molecular flexibility index (Phi) is 7.29. The summed E-state index contributed by atoms with van der Waals surface area (Å²) in [6.45, 7) is 7.22. The molecule has 0 radical (unpaired) electrons. The molecule has 4 heteroatoms. The lowest BCUT2D eigenvalue weighted by Gasteiger charge is -2.30. The summed E-state index contributed by atoms with van der Waals surface area (Å²) in [7, 11) is 4.07. The molecule has 0 saturated heterocycles. The molecule has 3 aromatic carbocycles. The molecular formula is C26H30NO2P. The number of nitrogens with zero attached hydrogens (tertiary/aromatic N) is 1. The van der Waals surface area contributed by atoms with Crippen LogP contribution in [0.5, 0.6) is 11.5 Å². The minimum absolute atomic E-state index is 0.136. The average Bonchev–Trinajstić information content (AvgIpc) is 2.75. The molecule has 0 fully saturated rings. The Morgan fingerprint density at radius 3 is 2.40 bits per heavy atom. The molecule has 0 aromatic heterocycles. The number of hydrogen-bond acceptors (Lipinski definition) is 3. The van der Waals surface area contributed by atoms with Crippen LogP contribution in [0.25, 0.3) is 0 Å². The standard InChI is InChI=1S/C26H30NO2P/c1-19-11-9-14-21(17-27-4)25(19)30-26(2,3)22-15-10-16-23(28-5)24(22)29-18-20-12-7-6-8-13-20/h6-17,30H,18H2,1-5H3. The predicted molar refractivity (Wildman–Crippen MR) is 129 cm³/mol. The van der Waals surface area contributed by atoms with Crippen molar-refractivity contribution in [3.05, 3.63) is 89.0 Å². The van der Waals surface area contributed by atoms with Gasteiger partial charge in [-0.25, -0.2) is 0 Å². The maximum Gasteiger partial charge on any atom is 0.165 e. The van der Waals surface area contributed by atoms with Crippen molar-refractivity contribution in [2.45, 2.75) is 32.5 Å². The molecule has 0 N–H and O–H groups in total. The van der Waals surface area contributed by atoms with Crippen molar-refractivity contribution in [3.8, 4) is 11.5 Å². The smallest absolute Gasteiger partial charge is 0.165 e. The molecule has 1 unspecified atom stereocenters. The van der Waals surface area contributed by atoms with E-state index in [1.165, 1.54) is 16.4 Å². The lowest BCUT2D eigenvalue weighted by Crippen LogP contribution is -2.20. The molecular weight excluding hydrogens is 389 g/mol. The van der Waals surface area contributed by atoms with Crippen molar-refractivity contribution in [2.24, 2.45) is 4.99 Å². The fraction of sp³-hybridized carbons (Fsp3) is 0.269. The Morgan fingerprint density at radius 1 is 0.967 bits per heavy atom. The van der Waals surface area contributed by atoms with E-state index in [4.69, 9.17) is 9.47 Å². The first-order valence-corrected chi connectivity index (χ1v) is 11.1. The molecule has 0 spiro atoms. The maximum absolute atomic E-state index is 6.33. The number of aliphatic imine (C=N–C) groups is 1. The van der Waals surface area contributed by atoms with Crippen LogP contribution in [0.3, 0.4) is 0 Å². The van der Waals surface area contributed by atoms with Gasteiger partial charge in [0, 0.05) is 24.0 Å². The number of aryl methyl sites for hydroxylation is 1. The largest absolute Gasteiger partial charge is 0.493 e. The van der Waals surface area contributed by atoms with Crippen molar-refractivity contribution >= 4 is 20.1 Å². The maximum atomic E-state index is 6.33. The predicted octanol–water partition coefficient (Wildman–Crippen LogP) is 5.87. The minimum atomic E-state index is -0.136.